The smallest absolute Gasteiger partial charge is 0.236 e. The van der Waals surface area contributed by atoms with Crippen molar-refractivity contribution >= 4 is 11.6 Å². The van der Waals surface area contributed by atoms with Crippen LogP contribution in [0.15, 0.2) is 0 Å². The van der Waals surface area contributed by atoms with Crippen molar-refractivity contribution in [3.63, 3.8) is 0 Å². The van der Waals surface area contributed by atoms with Crippen molar-refractivity contribution in [2.75, 3.05) is 19.8 Å². The summed E-state index contributed by atoms with van der Waals surface area (Å²) in [4.78, 5) is 0. The minimum Gasteiger partial charge on any atom is -0.474 e. The van der Waals surface area contributed by atoms with Gasteiger partial charge in [0.1, 0.15) is 6.61 Å². The van der Waals surface area contributed by atoms with Crippen LogP contribution in [0.2, 0.25) is 5.15 Å². The third-order valence-corrected chi connectivity index (χ3v) is 2.70. The first kappa shape index (κ1) is 14.2. The van der Waals surface area contributed by atoms with Crippen molar-refractivity contribution in [3.05, 3.63) is 16.3 Å². The normalized spacial score (nSPS) is 10.9. The van der Waals surface area contributed by atoms with Crippen LogP contribution in [0.25, 0.3) is 0 Å². The first-order valence-electron chi connectivity index (χ1n) is 5.72. The molecule has 0 fully saturated rings. The van der Waals surface area contributed by atoms with E-state index in [1.165, 1.54) is 0 Å². The van der Waals surface area contributed by atoms with Gasteiger partial charge >= 0.3 is 0 Å². The Bertz CT molecular complexity index is 370. The van der Waals surface area contributed by atoms with E-state index in [4.69, 9.17) is 21.1 Å². The van der Waals surface area contributed by atoms with Crippen LogP contribution in [-0.2, 0) is 4.74 Å². The summed E-state index contributed by atoms with van der Waals surface area (Å²) in [5, 5.41) is 8.15. The van der Waals surface area contributed by atoms with Gasteiger partial charge in [0, 0.05) is 12.2 Å². The van der Waals surface area contributed by atoms with Crippen molar-refractivity contribution in [1.82, 2.24) is 10.2 Å². The molecular formula is C12H19ClN2O2. The fraction of sp³-hybridized carbons (Fsp3) is 0.667. The third kappa shape index (κ3) is 4.48. The summed E-state index contributed by atoms with van der Waals surface area (Å²) in [7, 11) is 0. The van der Waals surface area contributed by atoms with Gasteiger partial charge in [0.05, 0.1) is 6.61 Å². The van der Waals surface area contributed by atoms with E-state index >= 15 is 0 Å². The summed E-state index contributed by atoms with van der Waals surface area (Å²) in [6.45, 7) is 9.81. The number of nitrogens with zero attached hydrogens (tertiary/aromatic N) is 2. The maximum absolute atomic E-state index is 5.85. The summed E-state index contributed by atoms with van der Waals surface area (Å²) in [6, 6.07) is 0. The fourth-order valence-corrected chi connectivity index (χ4v) is 1.39. The molecule has 4 nitrogen and oxygen atoms in total. The number of aromatic nitrogens is 2. The monoisotopic (exact) mass is 258 g/mol. The fourth-order valence-electron chi connectivity index (χ4n) is 1.21. The lowest BCUT2D eigenvalue weighted by atomic mass is 10.2. The summed E-state index contributed by atoms with van der Waals surface area (Å²) < 4.78 is 10.9. The van der Waals surface area contributed by atoms with Gasteiger partial charge in [0.15, 0.2) is 5.15 Å². The minimum absolute atomic E-state index is 0.422. The lowest BCUT2D eigenvalue weighted by molar-refractivity contribution is 0.0801. The van der Waals surface area contributed by atoms with Gasteiger partial charge in [-0.3, -0.25) is 0 Å². The van der Waals surface area contributed by atoms with Crippen LogP contribution in [-0.4, -0.2) is 30.0 Å². The molecule has 96 valence electrons. The molecule has 0 amide bonds. The van der Waals surface area contributed by atoms with E-state index < -0.39 is 0 Å². The molecule has 0 N–H and O–H groups in total. The Labute approximate surface area is 107 Å². The number of halogens is 1. The van der Waals surface area contributed by atoms with Crippen molar-refractivity contribution in [3.8, 4) is 5.88 Å². The summed E-state index contributed by atoms with van der Waals surface area (Å²) in [6.07, 6.45) is 0. The highest BCUT2D eigenvalue weighted by Gasteiger charge is 2.08. The van der Waals surface area contributed by atoms with E-state index in [0.29, 0.717) is 30.2 Å². The molecule has 0 bridgehead atoms. The second kappa shape index (κ2) is 6.77. The highest BCUT2D eigenvalue weighted by atomic mass is 35.5. The van der Waals surface area contributed by atoms with E-state index in [9.17, 15) is 0 Å². The van der Waals surface area contributed by atoms with Crippen LogP contribution < -0.4 is 4.74 Å². The second-order valence-electron chi connectivity index (χ2n) is 4.36. The minimum atomic E-state index is 0.422. The SMILES string of the molecule is Cc1c(Cl)nnc(OCCOCC(C)C)c1C. The van der Waals surface area contributed by atoms with Crippen LogP contribution in [0.1, 0.15) is 25.0 Å². The predicted octanol–water partition coefficient (Wildman–Crippen LogP) is 2.80. The number of ether oxygens (including phenoxy) is 2. The van der Waals surface area contributed by atoms with Gasteiger partial charge in [0.2, 0.25) is 5.88 Å². The average Bonchev–Trinajstić information content (AvgIpc) is 2.28. The quantitative estimate of drug-likeness (QED) is 0.736. The lowest BCUT2D eigenvalue weighted by Gasteiger charge is -2.10. The number of rotatable bonds is 6. The zero-order valence-corrected chi connectivity index (χ0v) is 11.5. The first-order chi connectivity index (χ1) is 8.02. The van der Waals surface area contributed by atoms with Gasteiger partial charge < -0.3 is 9.47 Å². The van der Waals surface area contributed by atoms with E-state index in [0.717, 1.165) is 17.7 Å². The molecule has 1 rings (SSSR count). The summed E-state index contributed by atoms with van der Waals surface area (Å²) in [5.74, 6) is 1.06. The third-order valence-electron chi connectivity index (χ3n) is 2.34. The Morgan fingerprint density at radius 1 is 1.12 bits per heavy atom. The van der Waals surface area contributed by atoms with Crippen LogP contribution in [0, 0.1) is 19.8 Å². The van der Waals surface area contributed by atoms with Crippen molar-refractivity contribution in [1.29, 1.82) is 0 Å². The highest BCUT2D eigenvalue weighted by Crippen LogP contribution is 2.21. The van der Waals surface area contributed by atoms with Crippen LogP contribution >= 0.6 is 11.6 Å². The molecule has 1 aromatic rings. The number of hydrogen-bond donors (Lipinski definition) is 0. The zero-order valence-electron chi connectivity index (χ0n) is 10.8. The molecular weight excluding hydrogens is 240 g/mol. The maximum Gasteiger partial charge on any atom is 0.236 e. The van der Waals surface area contributed by atoms with Crippen molar-refractivity contribution < 1.29 is 9.47 Å². The maximum atomic E-state index is 5.85. The lowest BCUT2D eigenvalue weighted by Crippen LogP contribution is -2.12. The van der Waals surface area contributed by atoms with E-state index in [2.05, 4.69) is 24.0 Å². The second-order valence-corrected chi connectivity index (χ2v) is 4.72. The van der Waals surface area contributed by atoms with E-state index in [1.807, 2.05) is 13.8 Å². The van der Waals surface area contributed by atoms with Gasteiger partial charge in [-0.2, -0.15) is 0 Å². The zero-order chi connectivity index (χ0) is 12.8. The van der Waals surface area contributed by atoms with Crippen molar-refractivity contribution in [2.45, 2.75) is 27.7 Å². The van der Waals surface area contributed by atoms with Gasteiger partial charge in [-0.15, -0.1) is 10.2 Å². The van der Waals surface area contributed by atoms with Gasteiger partial charge in [-0.1, -0.05) is 25.4 Å². The Morgan fingerprint density at radius 2 is 1.82 bits per heavy atom. The van der Waals surface area contributed by atoms with Gasteiger partial charge in [-0.05, 0) is 25.3 Å². The standard InChI is InChI=1S/C12H19ClN2O2/c1-8(2)7-16-5-6-17-12-10(4)9(3)11(13)14-15-12/h8H,5-7H2,1-4H3. The molecule has 0 aromatic carbocycles. The molecule has 0 aliphatic carbocycles. The Morgan fingerprint density at radius 3 is 2.47 bits per heavy atom. The summed E-state index contributed by atoms with van der Waals surface area (Å²) in [5.41, 5.74) is 1.83. The highest BCUT2D eigenvalue weighted by molar-refractivity contribution is 6.30. The molecule has 0 saturated carbocycles. The Kier molecular flexibility index (Phi) is 5.65. The topological polar surface area (TPSA) is 44.2 Å². The van der Waals surface area contributed by atoms with E-state index in [1.54, 1.807) is 0 Å². The largest absolute Gasteiger partial charge is 0.474 e. The molecule has 0 unspecified atom stereocenters. The predicted molar refractivity (Wildman–Crippen MR) is 67.7 cm³/mol. The molecule has 1 heterocycles. The Hall–Kier alpha value is -0.870. The Balaban J connectivity index is 2.40. The molecule has 5 heteroatoms. The van der Waals surface area contributed by atoms with Gasteiger partial charge in [-0.25, -0.2) is 0 Å². The van der Waals surface area contributed by atoms with Crippen molar-refractivity contribution in [2.24, 2.45) is 5.92 Å². The van der Waals surface area contributed by atoms with E-state index in [-0.39, 0.29) is 0 Å². The average molecular weight is 259 g/mol. The molecule has 0 atom stereocenters. The van der Waals surface area contributed by atoms with Crippen LogP contribution in [0.4, 0.5) is 0 Å². The molecule has 1 aromatic heterocycles. The molecule has 17 heavy (non-hydrogen) atoms. The van der Waals surface area contributed by atoms with Gasteiger partial charge in [0.25, 0.3) is 0 Å². The molecule has 0 aliphatic heterocycles. The number of hydrogen-bond acceptors (Lipinski definition) is 4. The first-order valence-corrected chi connectivity index (χ1v) is 6.10. The summed E-state index contributed by atoms with van der Waals surface area (Å²) >= 11 is 5.85. The molecule has 0 spiro atoms. The van der Waals surface area contributed by atoms with Crippen LogP contribution in [0.5, 0.6) is 5.88 Å². The van der Waals surface area contributed by atoms with Crippen LogP contribution in [0.3, 0.4) is 0 Å². The molecule has 0 saturated heterocycles. The molecule has 0 aliphatic rings. The molecule has 0 radical (unpaired) electrons.